The zero-order valence-electron chi connectivity index (χ0n) is 19.5. The lowest BCUT2D eigenvalue weighted by molar-refractivity contribution is 0.159. The second-order valence-electron chi connectivity index (χ2n) is 9.48. The predicted octanol–water partition coefficient (Wildman–Crippen LogP) is 4.05. The molecule has 2 heterocycles. The van der Waals surface area contributed by atoms with Gasteiger partial charge in [0.1, 0.15) is 0 Å². The van der Waals surface area contributed by atoms with Gasteiger partial charge in [-0.25, -0.2) is 0 Å². The maximum absolute atomic E-state index is 3.64. The SMILES string of the molecule is CC1CCCCN1CCCNCCc1ccc(CNCCCN2CCCCC2)cc1. The van der Waals surface area contributed by atoms with Crippen LogP contribution >= 0.6 is 0 Å². The first kappa shape index (κ1) is 23.7. The van der Waals surface area contributed by atoms with Crippen molar-refractivity contribution in [1.82, 2.24) is 20.4 Å². The highest BCUT2D eigenvalue weighted by Gasteiger charge is 2.16. The topological polar surface area (TPSA) is 30.5 Å². The highest BCUT2D eigenvalue weighted by atomic mass is 15.2. The fourth-order valence-electron chi connectivity index (χ4n) is 4.92. The molecule has 2 fully saturated rings. The van der Waals surface area contributed by atoms with Crippen molar-refractivity contribution in [3.05, 3.63) is 35.4 Å². The van der Waals surface area contributed by atoms with Crippen LogP contribution in [-0.2, 0) is 13.0 Å². The predicted molar refractivity (Wildman–Crippen MR) is 129 cm³/mol. The summed E-state index contributed by atoms with van der Waals surface area (Å²) in [5.74, 6) is 0. The third kappa shape index (κ3) is 9.05. The Kier molecular flexibility index (Phi) is 11.2. The van der Waals surface area contributed by atoms with E-state index >= 15 is 0 Å². The van der Waals surface area contributed by atoms with Gasteiger partial charge in [-0.3, -0.25) is 0 Å². The highest BCUT2D eigenvalue weighted by molar-refractivity contribution is 5.22. The molecule has 2 N–H and O–H groups in total. The third-order valence-corrected chi connectivity index (χ3v) is 6.96. The van der Waals surface area contributed by atoms with Crippen LogP contribution in [-0.4, -0.2) is 68.2 Å². The fourth-order valence-corrected chi connectivity index (χ4v) is 4.92. The van der Waals surface area contributed by atoms with E-state index in [0.29, 0.717) is 0 Å². The van der Waals surface area contributed by atoms with Crippen LogP contribution in [0.3, 0.4) is 0 Å². The first-order chi connectivity index (χ1) is 14.8. The summed E-state index contributed by atoms with van der Waals surface area (Å²) < 4.78 is 0. The lowest BCUT2D eigenvalue weighted by atomic mass is 10.0. The molecule has 30 heavy (non-hydrogen) atoms. The molecule has 0 aliphatic carbocycles. The van der Waals surface area contributed by atoms with Crippen LogP contribution < -0.4 is 10.6 Å². The van der Waals surface area contributed by atoms with Gasteiger partial charge in [0, 0.05) is 12.6 Å². The Bertz CT molecular complexity index is 553. The number of nitrogens with one attached hydrogen (secondary N) is 2. The van der Waals surface area contributed by atoms with E-state index in [1.165, 1.54) is 95.2 Å². The average Bonchev–Trinajstić information content (AvgIpc) is 2.79. The van der Waals surface area contributed by atoms with E-state index in [0.717, 1.165) is 38.6 Å². The number of piperidine rings is 2. The molecule has 2 aliphatic rings. The number of nitrogens with zero attached hydrogens (tertiary/aromatic N) is 2. The molecule has 1 aromatic rings. The summed E-state index contributed by atoms with van der Waals surface area (Å²) in [6.45, 7) is 13.2. The van der Waals surface area contributed by atoms with Gasteiger partial charge in [0.25, 0.3) is 0 Å². The second kappa shape index (κ2) is 14.2. The van der Waals surface area contributed by atoms with Crippen LogP contribution in [0.5, 0.6) is 0 Å². The van der Waals surface area contributed by atoms with Crippen LogP contribution in [0, 0.1) is 0 Å². The minimum atomic E-state index is 0.793. The smallest absolute Gasteiger partial charge is 0.0205 e. The number of benzene rings is 1. The van der Waals surface area contributed by atoms with E-state index in [1.807, 2.05) is 0 Å². The van der Waals surface area contributed by atoms with Gasteiger partial charge in [-0.05, 0) is 115 Å². The van der Waals surface area contributed by atoms with E-state index in [4.69, 9.17) is 0 Å². The molecule has 2 aliphatic heterocycles. The molecule has 0 radical (unpaired) electrons. The van der Waals surface area contributed by atoms with Gasteiger partial charge in [-0.2, -0.15) is 0 Å². The van der Waals surface area contributed by atoms with Crippen molar-refractivity contribution in [3.63, 3.8) is 0 Å². The quantitative estimate of drug-likeness (QED) is 0.477. The van der Waals surface area contributed by atoms with Gasteiger partial charge in [0.15, 0.2) is 0 Å². The Labute approximate surface area is 185 Å². The summed E-state index contributed by atoms with van der Waals surface area (Å²) in [6.07, 6.45) is 12.1. The summed E-state index contributed by atoms with van der Waals surface area (Å²) in [7, 11) is 0. The van der Waals surface area contributed by atoms with Crippen LogP contribution in [0.25, 0.3) is 0 Å². The molecule has 1 aromatic carbocycles. The molecule has 0 aromatic heterocycles. The summed E-state index contributed by atoms with van der Waals surface area (Å²) >= 11 is 0. The van der Waals surface area contributed by atoms with Crippen LogP contribution in [0.4, 0.5) is 0 Å². The van der Waals surface area contributed by atoms with E-state index in [2.05, 4.69) is 51.6 Å². The van der Waals surface area contributed by atoms with Crippen LogP contribution in [0.15, 0.2) is 24.3 Å². The molecule has 4 heteroatoms. The number of likely N-dealkylation sites (tertiary alicyclic amines) is 2. The maximum atomic E-state index is 3.64. The Morgan fingerprint density at radius 3 is 2.27 bits per heavy atom. The Morgan fingerprint density at radius 1 is 0.767 bits per heavy atom. The van der Waals surface area contributed by atoms with Crippen molar-refractivity contribution >= 4 is 0 Å². The lowest BCUT2D eigenvalue weighted by Crippen LogP contribution is -2.39. The molecule has 2 saturated heterocycles. The zero-order chi connectivity index (χ0) is 20.9. The molecular formula is C26H46N4. The fraction of sp³-hybridized carbons (Fsp3) is 0.769. The number of hydrogen-bond acceptors (Lipinski definition) is 4. The summed E-state index contributed by atoms with van der Waals surface area (Å²) in [6, 6.07) is 10.0. The molecule has 170 valence electrons. The summed E-state index contributed by atoms with van der Waals surface area (Å²) in [5.41, 5.74) is 2.85. The molecule has 1 atom stereocenters. The van der Waals surface area contributed by atoms with Crippen LogP contribution in [0.1, 0.15) is 69.4 Å². The zero-order valence-corrected chi connectivity index (χ0v) is 19.5. The Balaban J connectivity index is 1.18. The largest absolute Gasteiger partial charge is 0.316 e. The lowest BCUT2D eigenvalue weighted by Gasteiger charge is -2.33. The summed E-state index contributed by atoms with van der Waals surface area (Å²) in [5, 5.41) is 7.25. The van der Waals surface area contributed by atoms with Gasteiger partial charge in [0.2, 0.25) is 0 Å². The van der Waals surface area contributed by atoms with Gasteiger partial charge in [-0.15, -0.1) is 0 Å². The van der Waals surface area contributed by atoms with E-state index < -0.39 is 0 Å². The second-order valence-corrected chi connectivity index (χ2v) is 9.48. The monoisotopic (exact) mass is 414 g/mol. The van der Waals surface area contributed by atoms with E-state index in [9.17, 15) is 0 Å². The standard InChI is InChI=1S/C26H46N4/c1-24-9-3-6-21-30(24)22-8-15-27-17-14-25-10-12-26(13-11-25)23-28-16-7-20-29-18-4-2-5-19-29/h10-13,24,27-28H,2-9,14-23H2,1H3. The van der Waals surface area contributed by atoms with Crippen molar-refractivity contribution in [2.75, 3.05) is 52.4 Å². The average molecular weight is 415 g/mol. The molecular weight excluding hydrogens is 368 g/mol. The highest BCUT2D eigenvalue weighted by Crippen LogP contribution is 2.16. The number of rotatable bonds is 13. The normalized spacial score (nSPS) is 21.2. The van der Waals surface area contributed by atoms with E-state index in [1.54, 1.807) is 0 Å². The Hall–Kier alpha value is -0.940. The van der Waals surface area contributed by atoms with Gasteiger partial charge < -0.3 is 20.4 Å². The molecule has 0 bridgehead atoms. The Morgan fingerprint density at radius 2 is 1.47 bits per heavy atom. The molecule has 3 rings (SSSR count). The minimum absolute atomic E-state index is 0.793. The van der Waals surface area contributed by atoms with Crippen molar-refractivity contribution in [2.45, 2.75) is 77.3 Å². The molecule has 0 saturated carbocycles. The van der Waals surface area contributed by atoms with Crippen molar-refractivity contribution in [1.29, 1.82) is 0 Å². The van der Waals surface area contributed by atoms with Gasteiger partial charge >= 0.3 is 0 Å². The van der Waals surface area contributed by atoms with Crippen molar-refractivity contribution in [3.8, 4) is 0 Å². The molecule has 0 spiro atoms. The first-order valence-corrected chi connectivity index (χ1v) is 12.8. The van der Waals surface area contributed by atoms with Crippen molar-refractivity contribution in [2.24, 2.45) is 0 Å². The molecule has 0 amide bonds. The molecule has 4 nitrogen and oxygen atoms in total. The number of hydrogen-bond donors (Lipinski definition) is 2. The van der Waals surface area contributed by atoms with E-state index in [-0.39, 0.29) is 0 Å². The van der Waals surface area contributed by atoms with Crippen molar-refractivity contribution < 1.29 is 0 Å². The van der Waals surface area contributed by atoms with Crippen LogP contribution in [0.2, 0.25) is 0 Å². The first-order valence-electron chi connectivity index (χ1n) is 12.8. The molecule has 1 unspecified atom stereocenters. The van der Waals surface area contributed by atoms with Gasteiger partial charge in [0.05, 0.1) is 0 Å². The minimum Gasteiger partial charge on any atom is -0.316 e. The maximum Gasteiger partial charge on any atom is 0.0205 e. The third-order valence-electron chi connectivity index (χ3n) is 6.96. The van der Waals surface area contributed by atoms with Gasteiger partial charge in [-0.1, -0.05) is 37.1 Å². The summed E-state index contributed by atoms with van der Waals surface area (Å²) in [4.78, 5) is 5.30.